The first-order chi connectivity index (χ1) is 13.8. The van der Waals surface area contributed by atoms with Crippen molar-refractivity contribution >= 4 is 33.3 Å². The molecular weight excluding hydrogens is 418 g/mol. The third-order valence-electron chi connectivity index (χ3n) is 4.54. The number of rotatable bonds is 8. The Hall–Kier alpha value is -2.33. The number of hydrogen-bond acceptors (Lipinski definition) is 5. The van der Waals surface area contributed by atoms with Gasteiger partial charge in [-0.25, -0.2) is 18.4 Å². The summed E-state index contributed by atoms with van der Waals surface area (Å²) in [7, 11) is -3.70. The molecule has 1 aliphatic heterocycles. The zero-order chi connectivity index (χ0) is 21.0. The summed E-state index contributed by atoms with van der Waals surface area (Å²) in [6.45, 7) is 0.345. The number of halogens is 1. The number of benzene rings is 2. The van der Waals surface area contributed by atoms with E-state index < -0.39 is 10.0 Å². The highest BCUT2D eigenvalue weighted by atomic mass is 35.5. The molecule has 10 heteroatoms. The Morgan fingerprint density at radius 2 is 1.93 bits per heavy atom. The molecule has 0 bridgehead atoms. The summed E-state index contributed by atoms with van der Waals surface area (Å²) >= 11 is 5.97. The summed E-state index contributed by atoms with van der Waals surface area (Å²) in [6.07, 6.45) is 0. The first-order valence-corrected chi connectivity index (χ1v) is 11.1. The molecule has 2 aromatic rings. The molecule has 1 saturated heterocycles. The van der Waals surface area contributed by atoms with E-state index >= 15 is 0 Å². The summed E-state index contributed by atoms with van der Waals surface area (Å²) in [4.78, 5) is 16.1. The van der Waals surface area contributed by atoms with E-state index in [1.165, 1.54) is 4.90 Å². The summed E-state index contributed by atoms with van der Waals surface area (Å²) in [6, 6.07) is 13.4. The molecule has 1 heterocycles. The fourth-order valence-electron chi connectivity index (χ4n) is 3.20. The molecule has 1 aliphatic rings. The second-order valence-corrected chi connectivity index (χ2v) is 8.77. The van der Waals surface area contributed by atoms with Crippen molar-refractivity contribution < 1.29 is 23.1 Å². The van der Waals surface area contributed by atoms with Gasteiger partial charge in [-0.05, 0) is 42.0 Å². The highest BCUT2D eigenvalue weighted by Gasteiger charge is 2.39. The van der Waals surface area contributed by atoms with Gasteiger partial charge in [0.1, 0.15) is 12.4 Å². The molecule has 2 aromatic carbocycles. The lowest BCUT2D eigenvalue weighted by atomic mass is 10.1. The van der Waals surface area contributed by atoms with E-state index in [1.807, 2.05) is 6.07 Å². The van der Waals surface area contributed by atoms with Crippen LogP contribution in [0.5, 0.6) is 5.75 Å². The molecule has 1 fully saturated rings. The maximum atomic E-state index is 13.1. The van der Waals surface area contributed by atoms with Crippen LogP contribution in [-0.4, -0.2) is 56.5 Å². The number of anilines is 1. The number of primary sulfonamides is 1. The van der Waals surface area contributed by atoms with Gasteiger partial charge in [-0.1, -0.05) is 23.7 Å². The lowest BCUT2D eigenvalue weighted by molar-refractivity contribution is 0.201. The maximum Gasteiger partial charge on any atom is 0.325 e. The van der Waals surface area contributed by atoms with Crippen molar-refractivity contribution in [1.29, 1.82) is 0 Å². The van der Waals surface area contributed by atoms with Crippen LogP contribution in [-0.2, 0) is 10.0 Å². The largest absolute Gasteiger partial charge is 0.491 e. The number of ether oxygens (including phenoxy) is 1. The molecule has 3 N–H and O–H groups in total. The standard InChI is InChI=1S/C19H22ClN3O5S/c20-15-4-6-16(7-5-15)23-18(13-22(19(23)25)8-11-29(21,26)27)14-2-1-3-17(12-14)28-10-9-24/h1-7,12,18,24H,8-11,13H2,(H2,21,26,27). The molecule has 0 radical (unpaired) electrons. The Kier molecular flexibility index (Phi) is 6.63. The van der Waals surface area contributed by atoms with E-state index in [0.717, 1.165) is 5.56 Å². The van der Waals surface area contributed by atoms with E-state index in [-0.39, 0.29) is 37.6 Å². The Morgan fingerprint density at radius 3 is 2.59 bits per heavy atom. The molecule has 29 heavy (non-hydrogen) atoms. The number of carbonyl (C=O) groups is 1. The van der Waals surface area contributed by atoms with Crippen LogP contribution in [0.1, 0.15) is 11.6 Å². The normalized spacial score (nSPS) is 17.1. The summed E-state index contributed by atoms with van der Waals surface area (Å²) < 4.78 is 28.2. The van der Waals surface area contributed by atoms with Crippen LogP contribution in [0.3, 0.4) is 0 Å². The van der Waals surface area contributed by atoms with Gasteiger partial charge in [-0.3, -0.25) is 4.90 Å². The third-order valence-corrected chi connectivity index (χ3v) is 5.54. The summed E-state index contributed by atoms with van der Waals surface area (Å²) in [5.74, 6) is 0.252. The van der Waals surface area contributed by atoms with Gasteiger partial charge in [0.25, 0.3) is 0 Å². The molecule has 1 unspecified atom stereocenters. The van der Waals surface area contributed by atoms with Crippen molar-refractivity contribution in [3.05, 3.63) is 59.1 Å². The summed E-state index contributed by atoms with van der Waals surface area (Å²) in [5.41, 5.74) is 1.46. The van der Waals surface area contributed by atoms with Crippen LogP contribution in [0.2, 0.25) is 5.02 Å². The smallest absolute Gasteiger partial charge is 0.325 e. The number of aliphatic hydroxyl groups is 1. The predicted octanol–water partition coefficient (Wildman–Crippen LogP) is 1.98. The maximum absolute atomic E-state index is 13.1. The SMILES string of the molecule is NS(=O)(=O)CCN1CC(c2cccc(OCCO)c2)N(c2ccc(Cl)cc2)C1=O. The van der Waals surface area contributed by atoms with Crippen molar-refractivity contribution in [2.24, 2.45) is 5.14 Å². The number of sulfonamides is 1. The van der Waals surface area contributed by atoms with E-state index in [9.17, 15) is 13.2 Å². The minimum atomic E-state index is -3.70. The fourth-order valence-corrected chi connectivity index (χ4v) is 3.80. The van der Waals surface area contributed by atoms with E-state index in [2.05, 4.69) is 0 Å². The lowest BCUT2D eigenvalue weighted by Gasteiger charge is -2.24. The van der Waals surface area contributed by atoms with Crippen LogP contribution >= 0.6 is 11.6 Å². The number of aliphatic hydroxyl groups excluding tert-OH is 1. The average Bonchev–Trinajstić information content (AvgIpc) is 3.01. The van der Waals surface area contributed by atoms with E-state index in [1.54, 1.807) is 47.4 Å². The summed E-state index contributed by atoms with van der Waals surface area (Å²) in [5, 5.41) is 14.6. The molecule has 0 aromatic heterocycles. The lowest BCUT2D eigenvalue weighted by Crippen LogP contribution is -2.36. The number of nitrogens with two attached hydrogens (primary N) is 1. The first kappa shape index (κ1) is 21.4. The number of hydrogen-bond donors (Lipinski definition) is 2. The highest BCUT2D eigenvalue weighted by Crippen LogP contribution is 2.36. The van der Waals surface area contributed by atoms with Gasteiger partial charge in [0, 0.05) is 23.8 Å². The Morgan fingerprint density at radius 1 is 1.21 bits per heavy atom. The minimum absolute atomic E-state index is 0.00103. The van der Waals surface area contributed by atoms with Gasteiger partial charge in [-0.2, -0.15) is 0 Å². The highest BCUT2D eigenvalue weighted by molar-refractivity contribution is 7.89. The van der Waals surface area contributed by atoms with Crippen LogP contribution in [0.25, 0.3) is 0 Å². The quantitative estimate of drug-likeness (QED) is 0.653. The number of nitrogens with zero attached hydrogens (tertiary/aromatic N) is 2. The minimum Gasteiger partial charge on any atom is -0.491 e. The van der Waals surface area contributed by atoms with Crippen molar-refractivity contribution in [2.75, 3.05) is 37.0 Å². The molecule has 0 saturated carbocycles. The van der Waals surface area contributed by atoms with Crippen molar-refractivity contribution in [3.63, 3.8) is 0 Å². The van der Waals surface area contributed by atoms with Crippen LogP contribution in [0, 0.1) is 0 Å². The molecule has 0 aliphatic carbocycles. The Balaban J connectivity index is 1.93. The topological polar surface area (TPSA) is 113 Å². The van der Waals surface area contributed by atoms with Gasteiger partial charge >= 0.3 is 6.03 Å². The molecule has 3 rings (SSSR count). The Bertz CT molecular complexity index is 968. The molecule has 1 atom stereocenters. The predicted molar refractivity (Wildman–Crippen MR) is 111 cm³/mol. The monoisotopic (exact) mass is 439 g/mol. The average molecular weight is 440 g/mol. The molecule has 2 amide bonds. The second kappa shape index (κ2) is 9.00. The number of urea groups is 1. The first-order valence-electron chi connectivity index (χ1n) is 8.96. The molecular formula is C19H22ClN3O5S. The van der Waals surface area contributed by atoms with Crippen LogP contribution < -0.4 is 14.8 Å². The van der Waals surface area contributed by atoms with Crippen LogP contribution in [0.15, 0.2) is 48.5 Å². The van der Waals surface area contributed by atoms with Gasteiger partial charge in [-0.15, -0.1) is 0 Å². The van der Waals surface area contributed by atoms with Crippen molar-refractivity contribution in [1.82, 2.24) is 4.90 Å². The molecule has 156 valence electrons. The fraction of sp³-hybridized carbons (Fsp3) is 0.316. The third kappa shape index (κ3) is 5.39. The van der Waals surface area contributed by atoms with Gasteiger partial charge in [0.15, 0.2) is 0 Å². The number of amides is 2. The molecule has 0 spiro atoms. The van der Waals surface area contributed by atoms with Crippen molar-refractivity contribution in [2.45, 2.75) is 6.04 Å². The molecule has 8 nitrogen and oxygen atoms in total. The van der Waals surface area contributed by atoms with E-state index in [0.29, 0.717) is 23.0 Å². The Labute approximate surface area is 174 Å². The van der Waals surface area contributed by atoms with Crippen LogP contribution in [0.4, 0.5) is 10.5 Å². The van der Waals surface area contributed by atoms with Gasteiger partial charge in [0.05, 0.1) is 18.4 Å². The zero-order valence-corrected chi connectivity index (χ0v) is 17.1. The second-order valence-electron chi connectivity index (χ2n) is 6.60. The van der Waals surface area contributed by atoms with Gasteiger partial charge in [0.2, 0.25) is 10.0 Å². The van der Waals surface area contributed by atoms with Crippen molar-refractivity contribution in [3.8, 4) is 5.75 Å². The zero-order valence-electron chi connectivity index (χ0n) is 15.6. The number of carbonyl (C=O) groups excluding carboxylic acids is 1. The van der Waals surface area contributed by atoms with Gasteiger partial charge < -0.3 is 14.7 Å². The van der Waals surface area contributed by atoms with E-state index in [4.69, 9.17) is 26.6 Å².